The highest BCUT2D eigenvalue weighted by Gasteiger charge is 2.07. The first-order valence-corrected chi connectivity index (χ1v) is 6.28. The molecule has 0 bridgehead atoms. The number of halogens is 1. The summed E-state index contributed by atoms with van der Waals surface area (Å²) in [6.45, 7) is 4.62. The number of hydrogen-bond donors (Lipinski definition) is 1. The van der Waals surface area contributed by atoms with Gasteiger partial charge in [-0.1, -0.05) is 17.7 Å². The minimum atomic E-state index is -0.246. The van der Waals surface area contributed by atoms with Gasteiger partial charge in [0.15, 0.2) is 0 Å². The molecule has 0 aromatic heterocycles. The average Bonchev–Trinajstić information content (AvgIpc) is 2.36. The average molecular weight is 259 g/mol. The summed E-state index contributed by atoms with van der Waals surface area (Å²) < 4.78 is 19.0. The lowest BCUT2D eigenvalue weighted by Gasteiger charge is -2.13. The molecule has 0 saturated carbocycles. The van der Waals surface area contributed by atoms with Crippen LogP contribution in [0.3, 0.4) is 0 Å². The summed E-state index contributed by atoms with van der Waals surface area (Å²) in [7, 11) is 1.90. The van der Waals surface area contributed by atoms with Gasteiger partial charge in [0.1, 0.15) is 17.3 Å². The fraction of sp³-hybridized carbons (Fsp3) is 0.250. The van der Waals surface area contributed by atoms with Gasteiger partial charge >= 0.3 is 0 Å². The van der Waals surface area contributed by atoms with Crippen LogP contribution in [0.5, 0.6) is 11.5 Å². The van der Waals surface area contributed by atoms with Crippen LogP contribution < -0.4 is 10.1 Å². The zero-order chi connectivity index (χ0) is 13.8. The van der Waals surface area contributed by atoms with Crippen molar-refractivity contribution in [1.29, 1.82) is 0 Å². The second-order valence-electron chi connectivity index (χ2n) is 4.65. The molecule has 0 aliphatic rings. The third-order valence-corrected chi connectivity index (χ3v) is 2.94. The fourth-order valence-corrected chi connectivity index (χ4v) is 1.98. The van der Waals surface area contributed by atoms with Crippen molar-refractivity contribution in [2.45, 2.75) is 20.4 Å². The molecule has 0 aliphatic carbocycles. The van der Waals surface area contributed by atoms with Gasteiger partial charge in [-0.2, -0.15) is 0 Å². The molecule has 0 heterocycles. The molecule has 2 rings (SSSR count). The van der Waals surface area contributed by atoms with Crippen LogP contribution in [0.15, 0.2) is 36.4 Å². The number of benzene rings is 2. The second kappa shape index (κ2) is 5.85. The molecule has 2 aromatic carbocycles. The van der Waals surface area contributed by atoms with E-state index in [1.165, 1.54) is 17.7 Å². The Labute approximate surface area is 113 Å². The lowest BCUT2D eigenvalue weighted by molar-refractivity contribution is 0.468. The van der Waals surface area contributed by atoms with Crippen molar-refractivity contribution in [3.63, 3.8) is 0 Å². The van der Waals surface area contributed by atoms with Crippen molar-refractivity contribution in [1.82, 2.24) is 5.32 Å². The molecule has 0 atom stereocenters. The van der Waals surface area contributed by atoms with Crippen LogP contribution in [0.25, 0.3) is 0 Å². The monoisotopic (exact) mass is 259 g/mol. The van der Waals surface area contributed by atoms with Crippen LogP contribution in [0.1, 0.15) is 16.7 Å². The van der Waals surface area contributed by atoms with Gasteiger partial charge in [-0.15, -0.1) is 0 Å². The molecule has 1 N–H and O–H groups in total. The van der Waals surface area contributed by atoms with Crippen molar-refractivity contribution >= 4 is 0 Å². The molecule has 0 fully saturated rings. The van der Waals surface area contributed by atoms with Gasteiger partial charge in [-0.3, -0.25) is 0 Å². The number of hydrogen-bond acceptors (Lipinski definition) is 2. The van der Waals surface area contributed by atoms with E-state index in [-0.39, 0.29) is 5.82 Å². The molecule has 100 valence electrons. The number of aryl methyl sites for hydroxylation is 2. The number of ether oxygens (including phenoxy) is 1. The minimum Gasteiger partial charge on any atom is -0.457 e. The van der Waals surface area contributed by atoms with Gasteiger partial charge in [0.05, 0.1) is 0 Å². The molecule has 19 heavy (non-hydrogen) atoms. The Bertz CT molecular complexity index is 581. The predicted molar refractivity (Wildman–Crippen MR) is 75.2 cm³/mol. The summed E-state index contributed by atoms with van der Waals surface area (Å²) in [6, 6.07) is 10.6. The summed E-state index contributed by atoms with van der Waals surface area (Å²) in [4.78, 5) is 0. The van der Waals surface area contributed by atoms with E-state index < -0.39 is 0 Å². The highest BCUT2D eigenvalue weighted by atomic mass is 19.1. The number of nitrogens with one attached hydrogen (secondary N) is 1. The van der Waals surface area contributed by atoms with E-state index in [9.17, 15) is 4.39 Å². The van der Waals surface area contributed by atoms with Gasteiger partial charge in [0.25, 0.3) is 0 Å². The van der Waals surface area contributed by atoms with Crippen molar-refractivity contribution < 1.29 is 9.13 Å². The number of rotatable bonds is 4. The predicted octanol–water partition coefficient (Wildman–Crippen LogP) is 3.95. The van der Waals surface area contributed by atoms with Gasteiger partial charge in [0.2, 0.25) is 0 Å². The standard InChI is InChI=1S/C16H18FNO/c1-11-4-6-16(13(8-11)10-18-3)19-15-7-5-14(17)9-12(15)2/h4-9,18H,10H2,1-3H3. The lowest BCUT2D eigenvalue weighted by atomic mass is 10.1. The molecular weight excluding hydrogens is 241 g/mol. The molecular formula is C16H18FNO. The van der Waals surface area contributed by atoms with Gasteiger partial charge in [0, 0.05) is 12.1 Å². The first-order valence-electron chi connectivity index (χ1n) is 6.28. The summed E-state index contributed by atoms with van der Waals surface area (Å²) in [5.41, 5.74) is 3.07. The summed E-state index contributed by atoms with van der Waals surface area (Å²) in [5.74, 6) is 1.24. The highest BCUT2D eigenvalue weighted by molar-refractivity contribution is 5.42. The first-order chi connectivity index (χ1) is 9.10. The maximum atomic E-state index is 13.1. The smallest absolute Gasteiger partial charge is 0.131 e. The Morgan fingerprint density at radius 3 is 2.47 bits per heavy atom. The Kier molecular flexibility index (Phi) is 4.17. The molecule has 0 aliphatic heterocycles. The second-order valence-corrected chi connectivity index (χ2v) is 4.65. The van der Waals surface area contributed by atoms with Crippen LogP contribution in [0.4, 0.5) is 4.39 Å². The van der Waals surface area contributed by atoms with E-state index in [0.29, 0.717) is 5.75 Å². The maximum absolute atomic E-state index is 13.1. The van der Waals surface area contributed by atoms with Crippen LogP contribution in [0.2, 0.25) is 0 Å². The fourth-order valence-electron chi connectivity index (χ4n) is 1.98. The highest BCUT2D eigenvalue weighted by Crippen LogP contribution is 2.29. The molecule has 3 heteroatoms. The largest absolute Gasteiger partial charge is 0.457 e. The SMILES string of the molecule is CNCc1cc(C)ccc1Oc1ccc(F)cc1C. The summed E-state index contributed by atoms with van der Waals surface area (Å²) in [6.07, 6.45) is 0. The Hall–Kier alpha value is -1.87. The van der Waals surface area contributed by atoms with E-state index >= 15 is 0 Å². The normalized spacial score (nSPS) is 10.5. The molecule has 2 aromatic rings. The van der Waals surface area contributed by atoms with E-state index in [4.69, 9.17) is 4.74 Å². The van der Waals surface area contributed by atoms with Crippen molar-refractivity contribution in [3.8, 4) is 11.5 Å². The summed E-state index contributed by atoms with van der Waals surface area (Å²) >= 11 is 0. The maximum Gasteiger partial charge on any atom is 0.131 e. The zero-order valence-electron chi connectivity index (χ0n) is 11.5. The Balaban J connectivity index is 2.32. The minimum absolute atomic E-state index is 0.246. The third kappa shape index (κ3) is 3.32. The lowest BCUT2D eigenvalue weighted by Crippen LogP contribution is -2.06. The van der Waals surface area contributed by atoms with Crippen LogP contribution in [-0.2, 0) is 6.54 Å². The van der Waals surface area contributed by atoms with Crippen LogP contribution >= 0.6 is 0 Å². The first kappa shape index (κ1) is 13.6. The van der Waals surface area contributed by atoms with Gasteiger partial charge in [-0.05, 0) is 50.7 Å². The quantitative estimate of drug-likeness (QED) is 0.897. The van der Waals surface area contributed by atoms with Gasteiger partial charge < -0.3 is 10.1 Å². The third-order valence-electron chi connectivity index (χ3n) is 2.94. The Morgan fingerprint density at radius 2 is 1.79 bits per heavy atom. The Morgan fingerprint density at radius 1 is 1.05 bits per heavy atom. The molecule has 0 saturated heterocycles. The van der Waals surface area contributed by atoms with Crippen LogP contribution in [0, 0.1) is 19.7 Å². The summed E-state index contributed by atoms with van der Waals surface area (Å²) in [5, 5.41) is 3.12. The van der Waals surface area contributed by atoms with E-state index in [2.05, 4.69) is 11.4 Å². The molecule has 0 radical (unpaired) electrons. The molecule has 2 nitrogen and oxygen atoms in total. The molecule has 0 unspecified atom stereocenters. The van der Waals surface area contributed by atoms with Crippen LogP contribution in [-0.4, -0.2) is 7.05 Å². The van der Waals surface area contributed by atoms with Crippen molar-refractivity contribution in [3.05, 3.63) is 58.9 Å². The zero-order valence-corrected chi connectivity index (χ0v) is 11.5. The van der Waals surface area contributed by atoms with Crippen molar-refractivity contribution in [2.75, 3.05) is 7.05 Å². The topological polar surface area (TPSA) is 21.3 Å². The molecule has 0 amide bonds. The van der Waals surface area contributed by atoms with E-state index in [1.807, 2.05) is 33.0 Å². The van der Waals surface area contributed by atoms with Crippen molar-refractivity contribution in [2.24, 2.45) is 0 Å². The van der Waals surface area contributed by atoms with E-state index in [0.717, 1.165) is 23.4 Å². The van der Waals surface area contributed by atoms with E-state index in [1.54, 1.807) is 6.07 Å². The molecule has 0 spiro atoms. The van der Waals surface area contributed by atoms with Gasteiger partial charge in [-0.25, -0.2) is 4.39 Å².